The molecule has 0 saturated carbocycles. The van der Waals surface area contributed by atoms with E-state index in [4.69, 9.17) is 10.6 Å². The standard InChI is InChI=1S/C11H22N4O/c1-3-16-9-7-10(14-12)4-5-11-6-8-13-15(11)2/h6,8,10,14H,3-5,7,9,12H2,1-2H3. The van der Waals surface area contributed by atoms with Crippen molar-refractivity contribution in [2.24, 2.45) is 12.9 Å². The first-order valence-corrected chi connectivity index (χ1v) is 5.78. The average molecular weight is 226 g/mol. The minimum atomic E-state index is 0.307. The third-order valence-electron chi connectivity index (χ3n) is 2.72. The molecule has 0 saturated heterocycles. The smallest absolute Gasteiger partial charge is 0.0492 e. The highest BCUT2D eigenvalue weighted by atomic mass is 16.5. The van der Waals surface area contributed by atoms with Gasteiger partial charge in [-0.05, 0) is 32.3 Å². The van der Waals surface area contributed by atoms with E-state index in [2.05, 4.69) is 10.5 Å². The van der Waals surface area contributed by atoms with Gasteiger partial charge in [-0.15, -0.1) is 0 Å². The van der Waals surface area contributed by atoms with Gasteiger partial charge in [-0.25, -0.2) is 0 Å². The summed E-state index contributed by atoms with van der Waals surface area (Å²) in [6.45, 7) is 3.52. The zero-order valence-corrected chi connectivity index (χ0v) is 10.1. The van der Waals surface area contributed by atoms with Crippen molar-refractivity contribution in [2.45, 2.75) is 32.2 Å². The van der Waals surface area contributed by atoms with Gasteiger partial charge in [0.2, 0.25) is 0 Å². The summed E-state index contributed by atoms with van der Waals surface area (Å²) in [5.74, 6) is 5.50. The lowest BCUT2D eigenvalue weighted by Crippen LogP contribution is -2.36. The highest BCUT2D eigenvalue weighted by Crippen LogP contribution is 2.06. The number of hydrazine groups is 1. The summed E-state index contributed by atoms with van der Waals surface area (Å²) in [7, 11) is 1.96. The molecule has 5 nitrogen and oxygen atoms in total. The number of nitrogens with zero attached hydrogens (tertiary/aromatic N) is 2. The van der Waals surface area contributed by atoms with Gasteiger partial charge in [0.05, 0.1) is 0 Å². The minimum Gasteiger partial charge on any atom is -0.382 e. The molecular weight excluding hydrogens is 204 g/mol. The lowest BCUT2D eigenvalue weighted by atomic mass is 10.1. The number of nitrogens with one attached hydrogen (secondary N) is 1. The molecule has 0 radical (unpaired) electrons. The third-order valence-corrected chi connectivity index (χ3v) is 2.72. The number of hydrogen-bond donors (Lipinski definition) is 2. The Morgan fingerprint density at radius 3 is 2.94 bits per heavy atom. The van der Waals surface area contributed by atoms with Crippen LogP contribution >= 0.6 is 0 Å². The van der Waals surface area contributed by atoms with Crippen molar-refractivity contribution in [3.63, 3.8) is 0 Å². The Morgan fingerprint density at radius 1 is 1.56 bits per heavy atom. The van der Waals surface area contributed by atoms with Crippen LogP contribution in [0.3, 0.4) is 0 Å². The molecule has 1 aromatic heterocycles. The van der Waals surface area contributed by atoms with Gasteiger partial charge in [0.15, 0.2) is 0 Å². The SMILES string of the molecule is CCOCCC(CCc1ccnn1C)NN. The molecule has 0 aliphatic carbocycles. The van der Waals surface area contributed by atoms with E-state index in [1.54, 1.807) is 0 Å². The van der Waals surface area contributed by atoms with Crippen molar-refractivity contribution >= 4 is 0 Å². The Kier molecular flexibility index (Phi) is 6.07. The molecule has 0 spiro atoms. The van der Waals surface area contributed by atoms with Crippen LogP contribution in [0.15, 0.2) is 12.3 Å². The summed E-state index contributed by atoms with van der Waals surface area (Å²) in [6, 6.07) is 2.34. The molecule has 0 aromatic carbocycles. The monoisotopic (exact) mass is 226 g/mol. The summed E-state index contributed by atoms with van der Waals surface area (Å²) in [5, 5.41) is 4.14. The van der Waals surface area contributed by atoms with Gasteiger partial charge in [-0.1, -0.05) is 0 Å². The predicted molar refractivity (Wildman–Crippen MR) is 63.8 cm³/mol. The Bertz CT molecular complexity index is 287. The molecule has 0 aliphatic heterocycles. The Labute approximate surface area is 96.9 Å². The lowest BCUT2D eigenvalue weighted by Gasteiger charge is -2.15. The fourth-order valence-corrected chi connectivity index (χ4v) is 1.65. The molecule has 0 amide bonds. The molecule has 3 N–H and O–H groups in total. The molecule has 0 bridgehead atoms. The number of rotatable bonds is 8. The van der Waals surface area contributed by atoms with E-state index >= 15 is 0 Å². The number of hydrogen-bond acceptors (Lipinski definition) is 4. The lowest BCUT2D eigenvalue weighted by molar-refractivity contribution is 0.135. The van der Waals surface area contributed by atoms with Crippen LogP contribution in [-0.2, 0) is 18.2 Å². The Hall–Kier alpha value is -0.910. The van der Waals surface area contributed by atoms with E-state index in [1.807, 2.05) is 30.9 Å². The van der Waals surface area contributed by atoms with E-state index in [1.165, 1.54) is 5.69 Å². The first-order valence-electron chi connectivity index (χ1n) is 5.78. The molecule has 1 aromatic rings. The second-order valence-electron chi connectivity index (χ2n) is 3.83. The van der Waals surface area contributed by atoms with Crippen molar-refractivity contribution in [1.29, 1.82) is 0 Å². The second kappa shape index (κ2) is 7.38. The van der Waals surface area contributed by atoms with Crippen LogP contribution < -0.4 is 11.3 Å². The van der Waals surface area contributed by atoms with E-state index in [-0.39, 0.29) is 0 Å². The summed E-state index contributed by atoms with van der Waals surface area (Å²) in [4.78, 5) is 0. The fourth-order valence-electron chi connectivity index (χ4n) is 1.65. The summed E-state index contributed by atoms with van der Waals surface area (Å²) < 4.78 is 7.21. The highest BCUT2D eigenvalue weighted by molar-refractivity contribution is 5.00. The molecule has 1 rings (SSSR count). The molecule has 0 aliphatic rings. The van der Waals surface area contributed by atoms with Gasteiger partial charge >= 0.3 is 0 Å². The zero-order valence-electron chi connectivity index (χ0n) is 10.1. The number of nitrogens with two attached hydrogens (primary N) is 1. The van der Waals surface area contributed by atoms with Gasteiger partial charge in [-0.3, -0.25) is 16.0 Å². The molecule has 1 heterocycles. The van der Waals surface area contributed by atoms with Gasteiger partial charge < -0.3 is 4.74 Å². The van der Waals surface area contributed by atoms with Crippen LogP contribution in [0.5, 0.6) is 0 Å². The maximum Gasteiger partial charge on any atom is 0.0492 e. The number of aromatic nitrogens is 2. The molecule has 92 valence electrons. The zero-order chi connectivity index (χ0) is 11.8. The molecular formula is C11H22N4O. The molecule has 5 heteroatoms. The maximum absolute atomic E-state index is 5.50. The highest BCUT2D eigenvalue weighted by Gasteiger charge is 2.08. The first kappa shape index (κ1) is 13.2. The van der Waals surface area contributed by atoms with Crippen LogP contribution in [0.25, 0.3) is 0 Å². The maximum atomic E-state index is 5.50. The average Bonchev–Trinajstić information content (AvgIpc) is 2.69. The van der Waals surface area contributed by atoms with Gasteiger partial charge in [0.25, 0.3) is 0 Å². The van der Waals surface area contributed by atoms with Crippen LogP contribution in [0.2, 0.25) is 0 Å². The molecule has 16 heavy (non-hydrogen) atoms. The van der Waals surface area contributed by atoms with Crippen molar-refractivity contribution in [3.8, 4) is 0 Å². The quantitative estimate of drug-likeness (QED) is 0.387. The van der Waals surface area contributed by atoms with Crippen molar-refractivity contribution in [2.75, 3.05) is 13.2 Å². The summed E-state index contributed by atoms with van der Waals surface area (Å²) >= 11 is 0. The molecule has 1 unspecified atom stereocenters. The molecule has 1 atom stereocenters. The minimum absolute atomic E-state index is 0.307. The summed E-state index contributed by atoms with van der Waals surface area (Å²) in [5.41, 5.74) is 4.07. The third kappa shape index (κ3) is 4.30. The van der Waals surface area contributed by atoms with E-state index < -0.39 is 0 Å². The summed E-state index contributed by atoms with van der Waals surface area (Å²) in [6.07, 6.45) is 4.75. The van der Waals surface area contributed by atoms with Gasteiger partial charge in [0, 0.05) is 38.2 Å². The van der Waals surface area contributed by atoms with Crippen molar-refractivity contribution in [3.05, 3.63) is 18.0 Å². The van der Waals surface area contributed by atoms with E-state index in [0.29, 0.717) is 6.04 Å². The second-order valence-corrected chi connectivity index (χ2v) is 3.83. The fraction of sp³-hybridized carbons (Fsp3) is 0.727. The van der Waals surface area contributed by atoms with Crippen molar-refractivity contribution in [1.82, 2.24) is 15.2 Å². The van der Waals surface area contributed by atoms with Crippen LogP contribution in [0.4, 0.5) is 0 Å². The van der Waals surface area contributed by atoms with Crippen LogP contribution in [0, 0.1) is 0 Å². The Morgan fingerprint density at radius 2 is 2.38 bits per heavy atom. The van der Waals surface area contributed by atoms with E-state index in [9.17, 15) is 0 Å². The van der Waals surface area contributed by atoms with Crippen LogP contribution in [0.1, 0.15) is 25.5 Å². The predicted octanol–water partition coefficient (Wildman–Crippen LogP) is 0.611. The number of aryl methyl sites for hydroxylation is 2. The van der Waals surface area contributed by atoms with E-state index in [0.717, 1.165) is 32.5 Å². The molecule has 0 fully saturated rings. The topological polar surface area (TPSA) is 65.1 Å². The first-order chi connectivity index (χ1) is 7.77. The van der Waals surface area contributed by atoms with Gasteiger partial charge in [0.1, 0.15) is 0 Å². The van der Waals surface area contributed by atoms with Crippen LogP contribution in [-0.4, -0.2) is 29.0 Å². The van der Waals surface area contributed by atoms with Crippen molar-refractivity contribution < 1.29 is 4.74 Å². The normalized spacial score (nSPS) is 12.9. The Balaban J connectivity index is 2.26. The number of ether oxygens (including phenoxy) is 1. The van der Waals surface area contributed by atoms with Gasteiger partial charge in [-0.2, -0.15) is 5.10 Å². The largest absolute Gasteiger partial charge is 0.382 e.